The molecule has 8 nitrogen and oxygen atoms in total. The maximum Gasteiger partial charge on any atom is 0.290 e. The Morgan fingerprint density at radius 3 is 2.70 bits per heavy atom. The molecule has 1 unspecified atom stereocenters. The lowest BCUT2D eigenvalue weighted by Crippen LogP contribution is -2.34. The number of aromatic nitrogens is 1. The van der Waals surface area contributed by atoms with Crippen molar-refractivity contribution in [2.75, 3.05) is 27.4 Å². The van der Waals surface area contributed by atoms with E-state index in [1.54, 1.807) is 48.8 Å². The van der Waals surface area contributed by atoms with Crippen LogP contribution in [-0.4, -0.2) is 54.1 Å². The summed E-state index contributed by atoms with van der Waals surface area (Å²) in [6.45, 7) is 0.459. The third-order valence-electron chi connectivity index (χ3n) is 5.06. The number of methoxy groups -OCH3 is 2. The van der Waals surface area contributed by atoms with Crippen LogP contribution in [0.2, 0.25) is 0 Å². The first kappa shape index (κ1) is 19.7. The molecular weight excluding hydrogens is 388 g/mol. The highest BCUT2D eigenvalue weighted by Gasteiger charge is 2.44. The normalized spacial score (nSPS) is 16.5. The van der Waals surface area contributed by atoms with E-state index in [9.17, 15) is 14.7 Å². The van der Waals surface area contributed by atoms with Gasteiger partial charge in [-0.25, -0.2) is 0 Å². The van der Waals surface area contributed by atoms with Crippen molar-refractivity contribution in [1.82, 2.24) is 9.88 Å². The average molecular weight is 408 g/mol. The predicted octanol–water partition coefficient (Wildman–Crippen LogP) is 3.06. The summed E-state index contributed by atoms with van der Waals surface area (Å²) >= 11 is 0. The molecule has 0 saturated carbocycles. The van der Waals surface area contributed by atoms with E-state index in [1.165, 1.54) is 19.1 Å². The summed E-state index contributed by atoms with van der Waals surface area (Å²) in [6, 6.07) is 9.49. The number of fused-ring (bicyclic) bond motifs is 1. The fraction of sp³-hybridized carbons (Fsp3) is 0.227. The molecule has 1 N–H and O–H groups in total. The number of amides is 1. The first-order chi connectivity index (χ1) is 14.6. The van der Waals surface area contributed by atoms with Crippen molar-refractivity contribution in [2.45, 2.75) is 6.04 Å². The number of nitrogens with zero attached hydrogens (tertiary/aromatic N) is 2. The molecule has 1 atom stereocenters. The van der Waals surface area contributed by atoms with Crippen molar-refractivity contribution < 1.29 is 28.6 Å². The summed E-state index contributed by atoms with van der Waals surface area (Å²) in [5.41, 5.74) is 1.03. The highest BCUT2D eigenvalue weighted by Crippen LogP contribution is 2.39. The van der Waals surface area contributed by atoms with Gasteiger partial charge in [0.15, 0.2) is 22.9 Å². The monoisotopic (exact) mass is 408 g/mol. The summed E-state index contributed by atoms with van der Waals surface area (Å²) < 4.78 is 16.1. The van der Waals surface area contributed by atoms with E-state index in [0.29, 0.717) is 22.3 Å². The number of hydrogen-bond acceptors (Lipinski definition) is 7. The largest absolute Gasteiger partial charge is 0.503 e. The van der Waals surface area contributed by atoms with Gasteiger partial charge in [0, 0.05) is 31.4 Å². The summed E-state index contributed by atoms with van der Waals surface area (Å²) in [5, 5.41) is 11.3. The van der Waals surface area contributed by atoms with Gasteiger partial charge < -0.3 is 23.9 Å². The smallest absolute Gasteiger partial charge is 0.290 e. The molecule has 2 aromatic heterocycles. The maximum atomic E-state index is 13.4. The van der Waals surface area contributed by atoms with Gasteiger partial charge in [-0.2, -0.15) is 0 Å². The van der Waals surface area contributed by atoms with Gasteiger partial charge in [-0.15, -0.1) is 0 Å². The van der Waals surface area contributed by atoms with Gasteiger partial charge in [-0.1, -0.05) is 12.1 Å². The molecule has 1 amide bonds. The molecule has 0 saturated heterocycles. The number of pyridine rings is 1. The molecule has 0 aliphatic carbocycles. The predicted molar refractivity (Wildman–Crippen MR) is 107 cm³/mol. The molecule has 30 heavy (non-hydrogen) atoms. The first-order valence-corrected chi connectivity index (χ1v) is 9.31. The second-order valence-corrected chi connectivity index (χ2v) is 6.76. The van der Waals surface area contributed by atoms with Crippen molar-refractivity contribution in [3.8, 4) is 5.75 Å². The van der Waals surface area contributed by atoms with Crippen LogP contribution in [0.25, 0.3) is 11.0 Å². The standard InChI is InChI=1S/C22H20N2O6/c1-28-11-10-24-18(13-6-8-23-9-7-13)17(20(26)22(24)27)19(25)16-12-14-4-3-5-15(29-2)21(14)30-16/h3-9,12,18,26H,10-11H2,1-2H3. The molecule has 3 aromatic rings. The number of Topliss-reactive ketones (excluding diaryl/α,β-unsaturated/α-hetero) is 1. The van der Waals surface area contributed by atoms with E-state index in [0.717, 1.165) is 0 Å². The second-order valence-electron chi connectivity index (χ2n) is 6.76. The average Bonchev–Trinajstić information content (AvgIpc) is 3.32. The Morgan fingerprint density at radius 1 is 1.23 bits per heavy atom. The second kappa shape index (κ2) is 8.00. The summed E-state index contributed by atoms with van der Waals surface area (Å²) in [7, 11) is 3.03. The van der Waals surface area contributed by atoms with Crippen molar-refractivity contribution in [3.05, 3.63) is 71.4 Å². The summed E-state index contributed by atoms with van der Waals surface area (Å²) in [6.07, 6.45) is 3.13. The van der Waals surface area contributed by atoms with Crippen LogP contribution >= 0.6 is 0 Å². The lowest BCUT2D eigenvalue weighted by Gasteiger charge is -2.26. The molecule has 0 spiro atoms. The Kier molecular flexibility index (Phi) is 5.24. The van der Waals surface area contributed by atoms with Gasteiger partial charge in [0.05, 0.1) is 25.3 Å². The Labute approximate surface area is 172 Å². The Morgan fingerprint density at radius 2 is 2.00 bits per heavy atom. The van der Waals surface area contributed by atoms with Crippen LogP contribution in [0.15, 0.2) is 64.5 Å². The number of benzene rings is 1. The van der Waals surface area contributed by atoms with E-state index in [4.69, 9.17) is 13.9 Å². The Bertz CT molecular complexity index is 1130. The van der Waals surface area contributed by atoms with E-state index in [1.807, 2.05) is 0 Å². The number of ether oxygens (including phenoxy) is 2. The lowest BCUT2D eigenvalue weighted by atomic mass is 9.96. The highest BCUT2D eigenvalue weighted by atomic mass is 16.5. The number of rotatable bonds is 7. The zero-order chi connectivity index (χ0) is 21.3. The minimum absolute atomic E-state index is 0.0106. The van der Waals surface area contributed by atoms with Gasteiger partial charge in [0.25, 0.3) is 5.91 Å². The van der Waals surface area contributed by atoms with Crippen LogP contribution < -0.4 is 4.74 Å². The minimum atomic E-state index is -0.779. The van der Waals surface area contributed by atoms with Crippen molar-refractivity contribution >= 4 is 22.7 Å². The first-order valence-electron chi connectivity index (χ1n) is 9.31. The van der Waals surface area contributed by atoms with Crippen molar-refractivity contribution in [3.63, 3.8) is 0 Å². The van der Waals surface area contributed by atoms with Gasteiger partial charge in [-0.05, 0) is 29.8 Å². The van der Waals surface area contributed by atoms with Gasteiger partial charge in [0.1, 0.15) is 0 Å². The molecule has 8 heteroatoms. The van der Waals surface area contributed by atoms with E-state index in [-0.39, 0.29) is 24.5 Å². The lowest BCUT2D eigenvalue weighted by molar-refractivity contribution is -0.130. The third kappa shape index (κ3) is 3.21. The van der Waals surface area contributed by atoms with Gasteiger partial charge in [0.2, 0.25) is 5.78 Å². The molecule has 0 bridgehead atoms. The Hall–Kier alpha value is -3.65. The number of carbonyl (C=O) groups excluding carboxylic acids is 2. The van der Waals surface area contributed by atoms with Gasteiger partial charge in [-0.3, -0.25) is 14.6 Å². The third-order valence-corrected chi connectivity index (χ3v) is 5.06. The van der Waals surface area contributed by atoms with Crippen molar-refractivity contribution in [2.24, 2.45) is 0 Å². The summed E-state index contributed by atoms with van der Waals surface area (Å²) in [4.78, 5) is 31.6. The van der Waals surface area contributed by atoms with E-state index < -0.39 is 23.5 Å². The molecule has 1 aromatic carbocycles. The van der Waals surface area contributed by atoms with E-state index >= 15 is 0 Å². The minimum Gasteiger partial charge on any atom is -0.503 e. The van der Waals surface area contributed by atoms with Crippen LogP contribution in [0.1, 0.15) is 22.2 Å². The molecule has 0 radical (unpaired) electrons. The highest BCUT2D eigenvalue weighted by molar-refractivity contribution is 6.16. The Balaban J connectivity index is 1.80. The molecular formula is C22H20N2O6. The SMILES string of the molecule is COCCN1C(=O)C(O)=C(C(=O)c2cc3cccc(OC)c3o2)C1c1ccncc1. The maximum absolute atomic E-state index is 13.4. The van der Waals surface area contributed by atoms with Crippen LogP contribution in [0, 0.1) is 0 Å². The number of aliphatic hydroxyl groups is 1. The summed E-state index contributed by atoms with van der Waals surface area (Å²) in [5.74, 6) is -1.30. The molecule has 3 heterocycles. The number of ketones is 1. The van der Waals surface area contributed by atoms with Crippen molar-refractivity contribution in [1.29, 1.82) is 0 Å². The quantitative estimate of drug-likeness (QED) is 0.600. The topological polar surface area (TPSA) is 102 Å². The molecule has 4 rings (SSSR count). The number of para-hydroxylation sites is 1. The molecule has 1 aliphatic heterocycles. The molecule has 0 fully saturated rings. The zero-order valence-electron chi connectivity index (χ0n) is 16.5. The van der Waals surface area contributed by atoms with Gasteiger partial charge >= 0.3 is 0 Å². The zero-order valence-corrected chi connectivity index (χ0v) is 16.5. The van der Waals surface area contributed by atoms with Crippen LogP contribution in [-0.2, 0) is 9.53 Å². The number of carbonyl (C=O) groups is 2. The molecule has 1 aliphatic rings. The number of furan rings is 1. The molecule has 154 valence electrons. The van der Waals surface area contributed by atoms with Crippen LogP contribution in [0.4, 0.5) is 0 Å². The fourth-order valence-electron chi connectivity index (χ4n) is 3.64. The fourth-order valence-corrected chi connectivity index (χ4v) is 3.64. The number of hydrogen-bond donors (Lipinski definition) is 1. The van der Waals surface area contributed by atoms with E-state index in [2.05, 4.69) is 4.98 Å². The number of aliphatic hydroxyl groups excluding tert-OH is 1. The van der Waals surface area contributed by atoms with Crippen LogP contribution in [0.5, 0.6) is 5.75 Å². The van der Waals surface area contributed by atoms with Crippen LogP contribution in [0.3, 0.4) is 0 Å².